The number of carbonyl (C=O) groups excluding carboxylic acids is 1. The van der Waals surface area contributed by atoms with Crippen LogP contribution in [0.1, 0.15) is 23.3 Å². The summed E-state index contributed by atoms with van der Waals surface area (Å²) in [4.78, 5) is 21.1. The molecular weight excluding hydrogens is 299 g/mol. The molecular formula is C13H12F3N5O. The van der Waals surface area contributed by atoms with Crippen LogP contribution in [0.15, 0.2) is 30.9 Å². The molecule has 22 heavy (non-hydrogen) atoms. The Bertz CT molecular complexity index is 667. The van der Waals surface area contributed by atoms with E-state index in [0.717, 1.165) is 4.90 Å². The molecule has 0 bridgehead atoms. The van der Waals surface area contributed by atoms with Gasteiger partial charge in [0.05, 0.1) is 12.4 Å². The molecule has 0 unspecified atom stereocenters. The number of nitrogens with zero attached hydrogens (tertiary/aromatic N) is 5. The highest BCUT2D eigenvalue weighted by Crippen LogP contribution is 2.31. The van der Waals surface area contributed by atoms with Crippen LogP contribution in [0, 0.1) is 0 Å². The summed E-state index contributed by atoms with van der Waals surface area (Å²) in [6.07, 6.45) is 2.40. The fraction of sp³-hybridized carbons (Fsp3) is 0.385. The molecule has 0 aromatic carbocycles. The van der Waals surface area contributed by atoms with Crippen molar-refractivity contribution in [1.29, 1.82) is 0 Å². The molecule has 0 spiro atoms. The molecule has 1 amide bonds. The van der Waals surface area contributed by atoms with Gasteiger partial charge < -0.3 is 4.90 Å². The summed E-state index contributed by atoms with van der Waals surface area (Å²) in [5.74, 6) is -0.486. The van der Waals surface area contributed by atoms with Crippen LogP contribution in [0.4, 0.5) is 13.2 Å². The molecule has 2 aromatic rings. The third-order valence-corrected chi connectivity index (χ3v) is 3.18. The van der Waals surface area contributed by atoms with Gasteiger partial charge in [0.15, 0.2) is 5.82 Å². The first-order valence-corrected chi connectivity index (χ1v) is 6.64. The maximum atomic E-state index is 12.6. The first kappa shape index (κ1) is 14.5. The molecule has 3 rings (SSSR count). The van der Waals surface area contributed by atoms with Crippen LogP contribution in [0.25, 0.3) is 5.82 Å². The van der Waals surface area contributed by atoms with E-state index in [-0.39, 0.29) is 17.6 Å². The van der Waals surface area contributed by atoms with Crippen LogP contribution < -0.4 is 0 Å². The Balaban J connectivity index is 1.86. The summed E-state index contributed by atoms with van der Waals surface area (Å²) >= 11 is 0. The normalized spacial score (nSPS) is 14.9. The van der Waals surface area contributed by atoms with E-state index in [4.69, 9.17) is 0 Å². The highest BCUT2D eigenvalue weighted by atomic mass is 19.4. The Morgan fingerprint density at radius 3 is 2.73 bits per heavy atom. The van der Waals surface area contributed by atoms with Gasteiger partial charge in [-0.25, -0.2) is 9.67 Å². The van der Waals surface area contributed by atoms with E-state index in [1.807, 2.05) is 0 Å². The minimum Gasteiger partial charge on any atom is -0.325 e. The third kappa shape index (κ3) is 3.23. The second kappa shape index (κ2) is 5.39. The van der Waals surface area contributed by atoms with Crippen molar-refractivity contribution in [1.82, 2.24) is 24.6 Å². The molecule has 0 saturated heterocycles. The zero-order valence-electron chi connectivity index (χ0n) is 11.4. The Kier molecular flexibility index (Phi) is 3.55. The van der Waals surface area contributed by atoms with Crippen molar-refractivity contribution in [3.63, 3.8) is 0 Å². The van der Waals surface area contributed by atoms with Crippen LogP contribution in [0.2, 0.25) is 0 Å². The smallest absolute Gasteiger partial charge is 0.325 e. The summed E-state index contributed by atoms with van der Waals surface area (Å²) < 4.78 is 39.3. The SMILES string of the molecule is O=C(c1cncc(-n2cccn2)n1)N(CC(F)(F)F)C1CC1. The lowest BCUT2D eigenvalue weighted by atomic mass is 10.3. The molecule has 6 nitrogen and oxygen atoms in total. The van der Waals surface area contributed by atoms with Gasteiger partial charge >= 0.3 is 6.18 Å². The molecule has 1 aliphatic carbocycles. The van der Waals surface area contributed by atoms with Crippen molar-refractivity contribution < 1.29 is 18.0 Å². The number of amides is 1. The minimum absolute atomic E-state index is 0.121. The van der Waals surface area contributed by atoms with E-state index in [0.29, 0.717) is 12.8 Å². The molecule has 1 aliphatic rings. The monoisotopic (exact) mass is 311 g/mol. The number of aromatic nitrogens is 4. The largest absolute Gasteiger partial charge is 0.406 e. The summed E-state index contributed by atoms with van der Waals surface area (Å²) in [5, 5.41) is 3.95. The molecule has 2 aromatic heterocycles. The molecule has 0 N–H and O–H groups in total. The van der Waals surface area contributed by atoms with E-state index in [9.17, 15) is 18.0 Å². The third-order valence-electron chi connectivity index (χ3n) is 3.18. The number of rotatable bonds is 4. The van der Waals surface area contributed by atoms with Crippen molar-refractivity contribution in [2.24, 2.45) is 0 Å². The van der Waals surface area contributed by atoms with Crippen LogP contribution in [-0.4, -0.2) is 49.3 Å². The average molecular weight is 311 g/mol. The Morgan fingerprint density at radius 1 is 1.36 bits per heavy atom. The van der Waals surface area contributed by atoms with E-state index in [1.54, 1.807) is 12.3 Å². The van der Waals surface area contributed by atoms with E-state index in [1.165, 1.54) is 23.3 Å². The maximum absolute atomic E-state index is 12.6. The van der Waals surface area contributed by atoms with Gasteiger partial charge in [-0.05, 0) is 18.9 Å². The molecule has 0 atom stereocenters. The van der Waals surface area contributed by atoms with Crippen LogP contribution in [0.3, 0.4) is 0 Å². The van der Waals surface area contributed by atoms with Crippen molar-refractivity contribution in [3.05, 3.63) is 36.5 Å². The van der Waals surface area contributed by atoms with Crippen molar-refractivity contribution in [3.8, 4) is 5.82 Å². The number of alkyl halides is 3. The number of halogens is 3. The fourth-order valence-corrected chi connectivity index (χ4v) is 2.07. The molecule has 0 aliphatic heterocycles. The number of hydrogen-bond acceptors (Lipinski definition) is 4. The molecule has 9 heteroatoms. The highest BCUT2D eigenvalue weighted by Gasteiger charge is 2.41. The van der Waals surface area contributed by atoms with Gasteiger partial charge in [0.25, 0.3) is 5.91 Å². The molecule has 2 heterocycles. The van der Waals surface area contributed by atoms with Crippen LogP contribution in [-0.2, 0) is 0 Å². The number of hydrogen-bond donors (Lipinski definition) is 0. The predicted octanol–water partition coefficient (Wildman–Crippen LogP) is 1.83. The molecule has 0 radical (unpaired) electrons. The van der Waals surface area contributed by atoms with Gasteiger partial charge in [-0.15, -0.1) is 0 Å². The lowest BCUT2D eigenvalue weighted by Gasteiger charge is -2.23. The Labute approximate surface area is 123 Å². The van der Waals surface area contributed by atoms with Gasteiger partial charge in [-0.3, -0.25) is 9.78 Å². The summed E-state index contributed by atoms with van der Waals surface area (Å²) in [5.41, 5.74) is -0.121. The van der Waals surface area contributed by atoms with Gasteiger partial charge in [0.1, 0.15) is 12.2 Å². The first-order valence-electron chi connectivity index (χ1n) is 6.64. The lowest BCUT2D eigenvalue weighted by molar-refractivity contribution is -0.141. The Hall–Kier alpha value is -2.45. The van der Waals surface area contributed by atoms with Crippen LogP contribution >= 0.6 is 0 Å². The van der Waals surface area contributed by atoms with Crippen molar-refractivity contribution in [2.75, 3.05) is 6.54 Å². The quantitative estimate of drug-likeness (QED) is 0.864. The second-order valence-corrected chi connectivity index (χ2v) is 4.99. The molecule has 1 saturated carbocycles. The second-order valence-electron chi connectivity index (χ2n) is 4.99. The van der Waals surface area contributed by atoms with Crippen LogP contribution in [0.5, 0.6) is 0 Å². The van der Waals surface area contributed by atoms with Gasteiger partial charge in [0, 0.05) is 18.4 Å². The summed E-state index contributed by atoms with van der Waals surface area (Å²) in [6.45, 7) is -1.27. The Morgan fingerprint density at radius 2 is 2.14 bits per heavy atom. The first-order chi connectivity index (χ1) is 10.4. The predicted molar refractivity (Wildman–Crippen MR) is 69.3 cm³/mol. The maximum Gasteiger partial charge on any atom is 0.406 e. The van der Waals surface area contributed by atoms with Gasteiger partial charge in [-0.2, -0.15) is 18.3 Å². The summed E-state index contributed by atoms with van der Waals surface area (Å²) in [6, 6.07) is 1.29. The van der Waals surface area contributed by atoms with Crippen molar-refractivity contribution >= 4 is 5.91 Å². The minimum atomic E-state index is -4.44. The lowest BCUT2D eigenvalue weighted by Crippen LogP contribution is -2.41. The summed E-state index contributed by atoms with van der Waals surface area (Å²) in [7, 11) is 0. The van der Waals surface area contributed by atoms with E-state index in [2.05, 4.69) is 15.1 Å². The molecule has 116 valence electrons. The number of carbonyl (C=O) groups is 1. The fourth-order valence-electron chi connectivity index (χ4n) is 2.07. The average Bonchev–Trinajstić information content (AvgIpc) is 3.17. The highest BCUT2D eigenvalue weighted by molar-refractivity contribution is 5.92. The van der Waals surface area contributed by atoms with Gasteiger partial charge in [-0.1, -0.05) is 0 Å². The van der Waals surface area contributed by atoms with E-state index < -0.39 is 18.6 Å². The molecule has 1 fully saturated rings. The topological polar surface area (TPSA) is 63.9 Å². The zero-order valence-corrected chi connectivity index (χ0v) is 11.4. The zero-order chi connectivity index (χ0) is 15.7. The van der Waals surface area contributed by atoms with E-state index >= 15 is 0 Å². The van der Waals surface area contributed by atoms with Crippen molar-refractivity contribution in [2.45, 2.75) is 25.1 Å². The standard InChI is InChI=1S/C13H12F3N5O/c14-13(15,16)8-20(9-2-3-9)12(22)10-6-17-7-11(19-10)21-5-1-4-18-21/h1,4-7,9H,2-3,8H2. The van der Waals surface area contributed by atoms with Gasteiger partial charge in [0.2, 0.25) is 0 Å².